The summed E-state index contributed by atoms with van der Waals surface area (Å²) in [6.45, 7) is -0.779. The van der Waals surface area contributed by atoms with Crippen molar-refractivity contribution >= 4 is 21.9 Å². The van der Waals surface area contributed by atoms with Crippen LogP contribution >= 0.6 is 0 Å². The van der Waals surface area contributed by atoms with Gasteiger partial charge in [-0.3, -0.25) is 4.31 Å². The Balaban J connectivity index is 2.15. The molecule has 0 spiro atoms. The lowest BCUT2D eigenvalue weighted by atomic mass is 9.87. The van der Waals surface area contributed by atoms with E-state index in [4.69, 9.17) is 10.5 Å². The van der Waals surface area contributed by atoms with Gasteiger partial charge in [0.1, 0.15) is 5.82 Å². The van der Waals surface area contributed by atoms with Crippen LogP contribution in [-0.2, 0) is 22.0 Å². The molecule has 16 heteroatoms. The fourth-order valence-corrected chi connectivity index (χ4v) is 6.16. The third-order valence-electron chi connectivity index (χ3n) is 6.52. The Morgan fingerprint density at radius 3 is 2.24 bits per heavy atom. The Morgan fingerprint density at radius 2 is 1.71 bits per heavy atom. The van der Waals surface area contributed by atoms with Gasteiger partial charge in [-0.2, -0.15) is 26.3 Å². The van der Waals surface area contributed by atoms with Crippen LogP contribution < -0.4 is 9.62 Å². The van der Waals surface area contributed by atoms with Gasteiger partial charge in [0.25, 0.3) is 15.6 Å². The van der Waals surface area contributed by atoms with Gasteiger partial charge in [-0.1, -0.05) is 12.1 Å². The molecule has 41 heavy (non-hydrogen) atoms. The topological polar surface area (TPSA) is 134 Å². The molecule has 3 rings (SSSR count). The van der Waals surface area contributed by atoms with Gasteiger partial charge in [-0.15, -0.1) is 0 Å². The lowest BCUT2D eigenvalue weighted by molar-refractivity contribution is -0.376. The van der Waals surface area contributed by atoms with E-state index in [1.54, 1.807) is 0 Å². The zero-order valence-corrected chi connectivity index (χ0v) is 21.9. The average molecular weight is 614 g/mol. The zero-order chi connectivity index (χ0) is 30.8. The number of hydrogen-bond acceptors (Lipinski definition) is 7. The van der Waals surface area contributed by atoms with Gasteiger partial charge in [0.2, 0.25) is 0 Å². The van der Waals surface area contributed by atoms with E-state index in [1.165, 1.54) is 6.08 Å². The molecule has 0 saturated heterocycles. The number of aliphatic hydroxyl groups excluding tert-OH is 2. The van der Waals surface area contributed by atoms with Crippen LogP contribution in [0, 0.1) is 11.2 Å². The van der Waals surface area contributed by atoms with Gasteiger partial charge >= 0.3 is 12.4 Å². The monoisotopic (exact) mass is 613 g/mol. The van der Waals surface area contributed by atoms with Gasteiger partial charge in [0, 0.05) is 30.4 Å². The second kappa shape index (κ2) is 12.0. The molecule has 0 fully saturated rings. The normalized spacial score (nSPS) is 17.7. The van der Waals surface area contributed by atoms with Crippen LogP contribution in [0.25, 0.3) is 0 Å². The summed E-state index contributed by atoms with van der Waals surface area (Å²) in [5.41, 5.74) is -7.01. The molecule has 0 amide bonds. The van der Waals surface area contributed by atoms with Crippen LogP contribution in [-0.4, -0.2) is 67.6 Å². The number of aliphatic hydroxyl groups is 3. The lowest BCUT2D eigenvalue weighted by Gasteiger charge is -2.39. The van der Waals surface area contributed by atoms with E-state index in [0.717, 1.165) is 40.9 Å². The van der Waals surface area contributed by atoms with Crippen molar-refractivity contribution in [2.24, 2.45) is 0 Å². The fourth-order valence-electron chi connectivity index (χ4n) is 4.45. The summed E-state index contributed by atoms with van der Waals surface area (Å²) >= 11 is 0. The zero-order valence-electron chi connectivity index (χ0n) is 21.0. The Labute approximate surface area is 230 Å². The molecule has 2 aromatic carbocycles. The molecule has 1 aliphatic heterocycles. The number of fused-ring (bicyclic) bond motifs is 1. The number of halogens is 7. The number of allylic oxidation sites excluding steroid dienone is 1. The van der Waals surface area contributed by atoms with Crippen LogP contribution in [0.5, 0.6) is 0 Å². The van der Waals surface area contributed by atoms with Gasteiger partial charge in [0.15, 0.2) is 0 Å². The first kappa shape index (κ1) is 32.3. The standard InChI is InChI=1S/C25H26F7N3O5S/c26-17-3-6-21(7-4-17)41(39,40)35-19(12-18(9-10-33)34-13-20(37)14-36)5-1-15-11-16(2-8-22(15)35)23(38,24(27,28)29)25(30,31)32/h2-4,6-11,19-20,33-34,36-38H,1,5,12-14H2/b18-9-,33-10?/t19-,20?/m0/s1. The van der Waals surface area contributed by atoms with Crippen LogP contribution in [0.3, 0.4) is 0 Å². The van der Waals surface area contributed by atoms with Crippen molar-refractivity contribution < 1.29 is 54.5 Å². The molecule has 0 radical (unpaired) electrons. The predicted octanol–water partition coefficient (Wildman–Crippen LogP) is 3.51. The highest BCUT2D eigenvalue weighted by atomic mass is 32.2. The summed E-state index contributed by atoms with van der Waals surface area (Å²) in [5, 5.41) is 38.7. The summed E-state index contributed by atoms with van der Waals surface area (Å²) in [7, 11) is -4.58. The van der Waals surface area contributed by atoms with Crippen molar-refractivity contribution in [3.8, 4) is 0 Å². The Hall–Kier alpha value is -3.21. The number of sulfonamides is 1. The molecule has 1 aliphatic rings. The summed E-state index contributed by atoms with van der Waals surface area (Å²) in [6, 6.07) is 4.16. The minimum atomic E-state index is -6.15. The molecule has 2 aromatic rings. The van der Waals surface area contributed by atoms with Gasteiger partial charge in [0.05, 0.1) is 29.3 Å². The van der Waals surface area contributed by atoms with Crippen LogP contribution in [0.4, 0.5) is 36.4 Å². The summed E-state index contributed by atoms with van der Waals surface area (Å²) in [5.74, 6) is -0.759. The van der Waals surface area contributed by atoms with Crippen molar-refractivity contribution in [2.75, 3.05) is 17.5 Å². The Kier molecular flexibility index (Phi) is 9.42. The third-order valence-corrected chi connectivity index (χ3v) is 8.40. The molecule has 5 N–H and O–H groups in total. The van der Waals surface area contributed by atoms with Crippen molar-refractivity contribution in [1.82, 2.24) is 5.32 Å². The van der Waals surface area contributed by atoms with Crippen LogP contribution in [0.2, 0.25) is 0 Å². The number of nitrogens with one attached hydrogen (secondary N) is 2. The van der Waals surface area contributed by atoms with E-state index >= 15 is 0 Å². The molecule has 0 bridgehead atoms. The lowest BCUT2D eigenvalue weighted by Crippen LogP contribution is -2.54. The molecule has 226 valence electrons. The van der Waals surface area contributed by atoms with Gasteiger partial charge < -0.3 is 26.0 Å². The first-order valence-corrected chi connectivity index (χ1v) is 13.4. The smallest absolute Gasteiger partial charge is 0.394 e. The number of alkyl halides is 6. The predicted molar refractivity (Wildman–Crippen MR) is 133 cm³/mol. The first-order valence-electron chi connectivity index (χ1n) is 12.0. The maximum atomic E-state index is 13.8. The number of nitrogens with zero attached hydrogens (tertiary/aromatic N) is 1. The van der Waals surface area contributed by atoms with E-state index in [-0.39, 0.29) is 42.8 Å². The SMILES string of the molecule is N=C/C=C(/C[C@@H]1CCc2cc(C(O)(C(F)(F)F)C(F)(F)F)ccc2N1S(=O)(=O)c1ccc(F)cc1)NCC(O)CO. The first-order chi connectivity index (χ1) is 19.0. The number of hydrogen-bond donors (Lipinski definition) is 5. The molecule has 8 nitrogen and oxygen atoms in total. The van der Waals surface area contributed by atoms with Crippen LogP contribution in [0.15, 0.2) is 59.1 Å². The van der Waals surface area contributed by atoms with Crippen molar-refractivity contribution in [3.63, 3.8) is 0 Å². The second-order valence-electron chi connectivity index (χ2n) is 9.28. The Bertz CT molecular complexity index is 1370. The molecular weight excluding hydrogens is 587 g/mol. The van der Waals surface area contributed by atoms with Crippen molar-refractivity contribution in [3.05, 3.63) is 71.2 Å². The van der Waals surface area contributed by atoms with Gasteiger partial charge in [-0.05, 0) is 54.8 Å². The number of rotatable bonds is 10. The molecule has 0 aliphatic carbocycles. The minimum Gasteiger partial charge on any atom is -0.394 e. The number of aryl methyl sites for hydroxylation is 1. The second-order valence-corrected chi connectivity index (χ2v) is 11.1. The van der Waals surface area contributed by atoms with Crippen molar-refractivity contribution in [1.29, 1.82) is 5.41 Å². The van der Waals surface area contributed by atoms with Crippen molar-refractivity contribution in [2.45, 2.75) is 54.3 Å². The summed E-state index contributed by atoms with van der Waals surface area (Å²) in [6.07, 6.45) is -11.8. The number of benzene rings is 2. The Morgan fingerprint density at radius 1 is 1.10 bits per heavy atom. The molecule has 0 aromatic heterocycles. The maximum Gasteiger partial charge on any atom is 0.430 e. The fraction of sp³-hybridized carbons (Fsp3) is 0.400. The molecule has 0 saturated carbocycles. The molecule has 2 atom stereocenters. The summed E-state index contributed by atoms with van der Waals surface area (Å²) in [4.78, 5) is -0.413. The highest BCUT2D eigenvalue weighted by molar-refractivity contribution is 7.92. The maximum absolute atomic E-state index is 13.8. The highest BCUT2D eigenvalue weighted by Gasteiger charge is 2.71. The van der Waals surface area contributed by atoms with E-state index in [2.05, 4.69) is 5.32 Å². The largest absolute Gasteiger partial charge is 0.430 e. The molecule has 1 unspecified atom stereocenters. The quantitative estimate of drug-likeness (QED) is 0.206. The third kappa shape index (κ3) is 6.50. The minimum absolute atomic E-state index is 0.118. The average Bonchev–Trinajstić information content (AvgIpc) is 2.89. The summed E-state index contributed by atoms with van der Waals surface area (Å²) < 4.78 is 123. The molecular formula is C25H26F7N3O5S. The van der Waals surface area contributed by atoms with E-state index in [9.17, 15) is 49.4 Å². The molecule has 1 heterocycles. The van der Waals surface area contributed by atoms with E-state index in [1.807, 2.05) is 0 Å². The highest BCUT2D eigenvalue weighted by Crippen LogP contribution is 2.51. The van der Waals surface area contributed by atoms with E-state index < -0.39 is 63.0 Å². The van der Waals surface area contributed by atoms with Gasteiger partial charge in [-0.25, -0.2) is 12.8 Å². The van der Waals surface area contributed by atoms with E-state index in [0.29, 0.717) is 12.1 Å². The van der Waals surface area contributed by atoms with Crippen LogP contribution in [0.1, 0.15) is 24.0 Å². The number of anilines is 1.